The van der Waals surface area contributed by atoms with Crippen molar-refractivity contribution in [3.63, 3.8) is 0 Å². The summed E-state index contributed by atoms with van der Waals surface area (Å²) >= 11 is 0. The Labute approximate surface area is 125 Å². The Kier molecular flexibility index (Phi) is 4.27. The van der Waals surface area contributed by atoms with E-state index in [-0.39, 0.29) is 18.8 Å². The van der Waals surface area contributed by atoms with Crippen molar-refractivity contribution in [1.82, 2.24) is 0 Å². The van der Waals surface area contributed by atoms with Crippen LogP contribution >= 0.6 is 0 Å². The molecule has 0 aromatic rings. The Morgan fingerprint density at radius 3 is 2.14 bits per heavy atom. The second-order valence-corrected chi connectivity index (χ2v) is 6.59. The van der Waals surface area contributed by atoms with Gasteiger partial charge in [0.25, 0.3) is 0 Å². The maximum absolute atomic E-state index is 11.7. The van der Waals surface area contributed by atoms with Gasteiger partial charge in [-0.1, -0.05) is 5.16 Å². The third-order valence-corrected chi connectivity index (χ3v) is 5.07. The predicted molar refractivity (Wildman–Crippen MR) is 76.4 cm³/mol. The monoisotopic (exact) mass is 293 g/mol. The maximum Gasteiger partial charge on any atom is 0.335 e. The quantitative estimate of drug-likeness (QED) is 0.444. The zero-order chi connectivity index (χ0) is 14.8. The van der Waals surface area contributed by atoms with Crippen LogP contribution in [0.4, 0.5) is 0 Å². The van der Waals surface area contributed by atoms with E-state index in [0.717, 1.165) is 17.5 Å². The van der Waals surface area contributed by atoms with Crippen molar-refractivity contribution in [2.75, 3.05) is 6.61 Å². The van der Waals surface area contributed by atoms with E-state index in [1.165, 1.54) is 32.1 Å². The fourth-order valence-electron chi connectivity index (χ4n) is 4.40. The lowest BCUT2D eigenvalue weighted by atomic mass is 9.55. The molecule has 116 valence electrons. The third kappa shape index (κ3) is 3.27. The highest BCUT2D eigenvalue weighted by Gasteiger charge is 2.46. The second kappa shape index (κ2) is 6.16. The number of nitrogens with zero attached hydrogens (tertiary/aromatic N) is 1. The first-order chi connectivity index (χ1) is 10.2. The predicted octanol–water partition coefficient (Wildman–Crippen LogP) is 2.69. The van der Waals surface area contributed by atoms with E-state index in [0.29, 0.717) is 18.4 Å². The number of esters is 1. The van der Waals surface area contributed by atoms with Crippen LogP contribution in [0, 0.1) is 23.7 Å². The van der Waals surface area contributed by atoms with Gasteiger partial charge in [0.2, 0.25) is 0 Å². The summed E-state index contributed by atoms with van der Waals surface area (Å²) in [5.41, 5.74) is 1.10. The molecule has 4 saturated carbocycles. The standard InChI is InChI=1S/C16H23NO4/c1-2-20-14(18)3-4-15(19)21-17-16-12-6-10-5-11(8-12)9-13(16)7-10/h10-13H,2-9H2,1H3. The molecule has 0 amide bonds. The molecule has 0 spiro atoms. The lowest BCUT2D eigenvalue weighted by Crippen LogP contribution is -2.45. The molecule has 0 N–H and O–H groups in total. The Morgan fingerprint density at radius 1 is 1.00 bits per heavy atom. The fraction of sp³-hybridized carbons (Fsp3) is 0.812. The molecule has 0 heterocycles. The van der Waals surface area contributed by atoms with Gasteiger partial charge in [-0.2, -0.15) is 0 Å². The molecule has 21 heavy (non-hydrogen) atoms. The zero-order valence-electron chi connectivity index (χ0n) is 12.5. The molecule has 4 aliphatic carbocycles. The minimum atomic E-state index is -0.440. The van der Waals surface area contributed by atoms with Gasteiger partial charge in [-0.05, 0) is 50.9 Å². The van der Waals surface area contributed by atoms with E-state index in [2.05, 4.69) is 5.16 Å². The van der Waals surface area contributed by atoms with Crippen molar-refractivity contribution >= 4 is 17.7 Å². The van der Waals surface area contributed by atoms with Crippen LogP contribution in [0.25, 0.3) is 0 Å². The molecule has 5 nitrogen and oxygen atoms in total. The summed E-state index contributed by atoms with van der Waals surface area (Å²) in [5, 5.41) is 4.16. The van der Waals surface area contributed by atoms with E-state index < -0.39 is 5.97 Å². The third-order valence-electron chi connectivity index (χ3n) is 5.07. The highest BCUT2D eigenvalue weighted by molar-refractivity contribution is 5.91. The van der Waals surface area contributed by atoms with E-state index in [1.807, 2.05) is 0 Å². The number of hydrogen-bond donors (Lipinski definition) is 0. The van der Waals surface area contributed by atoms with E-state index in [9.17, 15) is 9.59 Å². The molecule has 4 rings (SSSR count). The van der Waals surface area contributed by atoms with Crippen molar-refractivity contribution in [1.29, 1.82) is 0 Å². The molecule has 4 fully saturated rings. The summed E-state index contributed by atoms with van der Waals surface area (Å²) < 4.78 is 4.78. The van der Waals surface area contributed by atoms with Gasteiger partial charge in [0.1, 0.15) is 0 Å². The van der Waals surface area contributed by atoms with Crippen LogP contribution in [-0.2, 0) is 19.2 Å². The van der Waals surface area contributed by atoms with Gasteiger partial charge in [0.15, 0.2) is 0 Å². The summed E-state index contributed by atoms with van der Waals surface area (Å²) in [5.74, 6) is 1.98. The molecule has 0 aromatic carbocycles. The van der Waals surface area contributed by atoms with Crippen LogP contribution in [0.15, 0.2) is 5.16 Å². The SMILES string of the molecule is CCOC(=O)CCC(=O)ON=C1C2CC3CC(C2)CC1C3. The molecule has 0 radical (unpaired) electrons. The number of oxime groups is 1. The first-order valence-corrected chi connectivity index (χ1v) is 8.09. The largest absolute Gasteiger partial charge is 0.466 e. The molecule has 0 aromatic heterocycles. The topological polar surface area (TPSA) is 65.0 Å². The van der Waals surface area contributed by atoms with Crippen LogP contribution in [0.3, 0.4) is 0 Å². The lowest BCUT2D eigenvalue weighted by Gasteiger charge is -2.49. The van der Waals surface area contributed by atoms with Crippen LogP contribution in [0.5, 0.6) is 0 Å². The molecule has 0 aliphatic heterocycles. The van der Waals surface area contributed by atoms with Crippen LogP contribution in [-0.4, -0.2) is 24.3 Å². The van der Waals surface area contributed by atoms with Crippen molar-refractivity contribution in [3.8, 4) is 0 Å². The van der Waals surface area contributed by atoms with Crippen molar-refractivity contribution in [2.45, 2.75) is 51.9 Å². The lowest BCUT2D eigenvalue weighted by molar-refractivity contribution is -0.150. The summed E-state index contributed by atoms with van der Waals surface area (Å²) in [7, 11) is 0. The highest BCUT2D eigenvalue weighted by atomic mass is 16.7. The van der Waals surface area contributed by atoms with Gasteiger partial charge in [0, 0.05) is 11.8 Å². The summed E-state index contributed by atoms with van der Waals surface area (Å²) in [6, 6.07) is 0. The highest BCUT2D eigenvalue weighted by Crippen LogP contribution is 2.52. The van der Waals surface area contributed by atoms with E-state index in [4.69, 9.17) is 9.57 Å². The molecular weight excluding hydrogens is 270 g/mol. The number of rotatable bonds is 5. The van der Waals surface area contributed by atoms with E-state index in [1.54, 1.807) is 6.92 Å². The number of carbonyl (C=O) groups excluding carboxylic acids is 2. The molecule has 4 bridgehead atoms. The summed E-state index contributed by atoms with van der Waals surface area (Å²) in [6.07, 6.45) is 6.35. The average Bonchev–Trinajstić information content (AvgIpc) is 2.44. The van der Waals surface area contributed by atoms with E-state index >= 15 is 0 Å². The Morgan fingerprint density at radius 2 is 1.57 bits per heavy atom. The van der Waals surface area contributed by atoms with Gasteiger partial charge in [-0.3, -0.25) is 4.79 Å². The van der Waals surface area contributed by atoms with Gasteiger partial charge >= 0.3 is 11.9 Å². The van der Waals surface area contributed by atoms with Gasteiger partial charge in [-0.15, -0.1) is 0 Å². The van der Waals surface area contributed by atoms with Crippen molar-refractivity contribution in [2.24, 2.45) is 28.8 Å². The average molecular weight is 293 g/mol. The minimum Gasteiger partial charge on any atom is -0.466 e. The molecule has 4 aliphatic rings. The Balaban J connectivity index is 1.50. The molecule has 5 heteroatoms. The molecular formula is C16H23NO4. The Hall–Kier alpha value is -1.39. The van der Waals surface area contributed by atoms with Gasteiger partial charge in [-0.25, -0.2) is 4.79 Å². The number of hydrogen-bond acceptors (Lipinski definition) is 5. The van der Waals surface area contributed by atoms with Crippen LogP contribution in [0.1, 0.15) is 51.9 Å². The summed E-state index contributed by atoms with van der Waals surface area (Å²) in [4.78, 5) is 27.9. The fourth-order valence-corrected chi connectivity index (χ4v) is 4.40. The second-order valence-electron chi connectivity index (χ2n) is 6.59. The summed E-state index contributed by atoms with van der Waals surface area (Å²) in [6.45, 7) is 2.08. The molecule has 0 unspecified atom stereocenters. The minimum absolute atomic E-state index is 0.0379. The number of carbonyl (C=O) groups is 2. The normalized spacial score (nSPS) is 32.9. The zero-order valence-corrected chi connectivity index (χ0v) is 12.5. The smallest absolute Gasteiger partial charge is 0.335 e. The maximum atomic E-state index is 11.7. The Bertz CT molecular complexity index is 427. The first-order valence-electron chi connectivity index (χ1n) is 8.09. The van der Waals surface area contributed by atoms with Crippen LogP contribution in [0.2, 0.25) is 0 Å². The van der Waals surface area contributed by atoms with Gasteiger partial charge in [0.05, 0.1) is 25.2 Å². The number of ether oxygens (including phenoxy) is 1. The van der Waals surface area contributed by atoms with Crippen molar-refractivity contribution < 1.29 is 19.2 Å². The van der Waals surface area contributed by atoms with Gasteiger partial charge < -0.3 is 9.57 Å². The van der Waals surface area contributed by atoms with Crippen molar-refractivity contribution in [3.05, 3.63) is 0 Å². The van der Waals surface area contributed by atoms with Crippen LogP contribution < -0.4 is 0 Å². The molecule has 0 saturated heterocycles. The molecule has 0 atom stereocenters. The first kappa shape index (κ1) is 14.5.